The Bertz CT molecular complexity index is 1060. The zero-order valence-corrected chi connectivity index (χ0v) is 23.5. The van der Waals surface area contributed by atoms with E-state index in [0.717, 1.165) is 32.1 Å². The maximum Gasteiger partial charge on any atom is 0.255 e. The topological polar surface area (TPSA) is 209 Å². The first-order chi connectivity index (χ1) is 19.5. The quantitative estimate of drug-likeness (QED) is 0.112. The summed E-state index contributed by atoms with van der Waals surface area (Å²) in [4.78, 5) is 38.4. The highest BCUT2D eigenvalue weighted by Crippen LogP contribution is 2.58. The fourth-order valence-electron chi connectivity index (χ4n) is 8.97. The molecule has 0 radical (unpaired) electrons. The molecule has 10 atom stereocenters. The Morgan fingerprint density at radius 1 is 1.02 bits per heavy atom. The molecule has 0 aromatic heterocycles. The number of primary amides is 1. The van der Waals surface area contributed by atoms with Crippen molar-refractivity contribution < 1.29 is 49.4 Å². The Balaban J connectivity index is 1.30. The van der Waals surface area contributed by atoms with E-state index in [4.69, 9.17) is 15.2 Å². The van der Waals surface area contributed by atoms with Crippen LogP contribution in [0.1, 0.15) is 57.8 Å². The summed E-state index contributed by atoms with van der Waals surface area (Å²) >= 11 is 0. The highest BCUT2D eigenvalue weighted by Gasteiger charge is 2.65. The number of aliphatic hydroxyl groups excluding tert-OH is 4. The molecule has 0 aromatic rings. The van der Waals surface area contributed by atoms with Gasteiger partial charge in [-0.3, -0.25) is 19.7 Å². The second-order valence-electron chi connectivity index (χ2n) is 12.8. The summed E-state index contributed by atoms with van der Waals surface area (Å²) < 4.78 is 10.2. The first kappa shape index (κ1) is 30.5. The number of rotatable bonds is 8. The number of methoxy groups -OCH3 is 1. The molecule has 5 aliphatic rings. The average molecular weight is 581 g/mol. The smallest absolute Gasteiger partial charge is 0.255 e. The van der Waals surface area contributed by atoms with Crippen LogP contribution in [0.25, 0.3) is 0 Å². The van der Waals surface area contributed by atoms with E-state index >= 15 is 0 Å². The lowest BCUT2D eigenvalue weighted by Crippen LogP contribution is -2.66. The largest absolute Gasteiger partial charge is 0.508 e. The molecule has 230 valence electrons. The van der Waals surface area contributed by atoms with E-state index in [0.29, 0.717) is 25.4 Å². The summed E-state index contributed by atoms with van der Waals surface area (Å²) in [6.07, 6.45) is 1.64. The maximum atomic E-state index is 14.0. The molecule has 4 fully saturated rings. The normalized spacial score (nSPS) is 43.6. The molecule has 1 amide bonds. The summed E-state index contributed by atoms with van der Waals surface area (Å²) in [6.45, 7) is 0.675. The molecule has 0 saturated heterocycles. The van der Waals surface area contributed by atoms with Gasteiger partial charge in [0.15, 0.2) is 11.4 Å². The van der Waals surface area contributed by atoms with E-state index in [1.165, 1.54) is 0 Å². The van der Waals surface area contributed by atoms with Crippen molar-refractivity contribution in [1.82, 2.24) is 5.32 Å². The minimum Gasteiger partial charge on any atom is -0.508 e. The lowest BCUT2D eigenvalue weighted by molar-refractivity contribution is -0.200. The zero-order chi connectivity index (χ0) is 29.6. The number of aliphatic hydroxyl groups is 5. The molecule has 4 saturated carbocycles. The van der Waals surface area contributed by atoms with Crippen LogP contribution in [0.3, 0.4) is 0 Å². The molecule has 0 aliphatic heterocycles. The molecule has 0 aromatic carbocycles. The molecule has 0 bridgehead atoms. The average Bonchev–Trinajstić information content (AvgIpc) is 2.91. The number of fused-ring (bicyclic) bond motifs is 3. The van der Waals surface area contributed by atoms with Gasteiger partial charge in [-0.1, -0.05) is 0 Å². The van der Waals surface area contributed by atoms with Gasteiger partial charge >= 0.3 is 0 Å². The Morgan fingerprint density at radius 3 is 2.39 bits per heavy atom. The summed E-state index contributed by atoms with van der Waals surface area (Å²) in [5, 5.41) is 57.9. The zero-order valence-electron chi connectivity index (χ0n) is 23.5. The number of ether oxygens (including phenoxy) is 2. The third-order valence-corrected chi connectivity index (χ3v) is 10.9. The van der Waals surface area contributed by atoms with Crippen molar-refractivity contribution in [2.45, 2.75) is 88.1 Å². The molecule has 7 unspecified atom stereocenters. The monoisotopic (exact) mass is 580 g/mol. The van der Waals surface area contributed by atoms with Crippen LogP contribution in [-0.4, -0.2) is 93.6 Å². The minimum absolute atomic E-state index is 0.0898. The minimum atomic E-state index is -2.33. The lowest BCUT2D eigenvalue weighted by atomic mass is 9.49. The number of amides is 1. The SMILES string of the molecule is COCCOC(O)NC1CCC(C2CCC(O)C3C(=O)C4C(O)[C@]5(O)C(O)=C(C(N)=O)C(=O)C[C@@H]5C[C@@H]4CC23)CC1. The standard InChI is InChI=1S/C29H44N2O10/c1-40-8-9-41-28(38)31-16-4-2-13(3-5-16)17-6-7-19(32)22-18(17)11-14-10-15-12-20(33)23(27(30)37)26(36)29(15,39)25(35)21(14)24(22)34/h13-19,21-22,25,28,31-32,35-36,38-39H,2-12H2,1H3,(H2,30,37)/t13?,14-,15+,16?,17?,18?,19?,21?,22?,25?,28?,29+/m1/s1. The molecule has 0 heterocycles. The number of carbonyl (C=O) groups excluding carboxylic acids is 3. The van der Waals surface area contributed by atoms with E-state index in [-0.39, 0.29) is 49.0 Å². The predicted molar refractivity (Wildman–Crippen MR) is 143 cm³/mol. The molecule has 0 spiro atoms. The molecule has 8 N–H and O–H groups in total. The fourth-order valence-corrected chi connectivity index (χ4v) is 8.97. The molecular formula is C29H44N2O10. The van der Waals surface area contributed by atoms with Crippen LogP contribution < -0.4 is 11.1 Å². The van der Waals surface area contributed by atoms with E-state index in [2.05, 4.69) is 5.32 Å². The van der Waals surface area contributed by atoms with Gasteiger partial charge in [-0.25, -0.2) is 0 Å². The van der Waals surface area contributed by atoms with E-state index in [1.54, 1.807) is 7.11 Å². The van der Waals surface area contributed by atoms with Crippen molar-refractivity contribution >= 4 is 17.5 Å². The van der Waals surface area contributed by atoms with Crippen LogP contribution in [0.15, 0.2) is 11.3 Å². The van der Waals surface area contributed by atoms with Crippen molar-refractivity contribution in [1.29, 1.82) is 0 Å². The van der Waals surface area contributed by atoms with Crippen LogP contribution in [-0.2, 0) is 23.9 Å². The van der Waals surface area contributed by atoms with Gasteiger partial charge in [0.25, 0.3) is 5.91 Å². The van der Waals surface area contributed by atoms with Gasteiger partial charge in [-0.05, 0) is 75.0 Å². The maximum absolute atomic E-state index is 14.0. The van der Waals surface area contributed by atoms with E-state index in [1.807, 2.05) is 0 Å². The Hall–Kier alpha value is -1.93. The third kappa shape index (κ3) is 5.37. The number of nitrogens with two attached hydrogens (primary N) is 1. The van der Waals surface area contributed by atoms with Crippen molar-refractivity contribution in [2.75, 3.05) is 20.3 Å². The molecule has 5 aliphatic carbocycles. The molecule has 12 heteroatoms. The van der Waals surface area contributed by atoms with Crippen LogP contribution in [0.5, 0.6) is 0 Å². The number of ketones is 2. The van der Waals surface area contributed by atoms with E-state index < -0.39 is 65.0 Å². The number of hydrogen-bond acceptors (Lipinski definition) is 11. The van der Waals surface area contributed by atoms with Gasteiger partial charge < -0.3 is 40.7 Å². The van der Waals surface area contributed by atoms with Crippen LogP contribution >= 0.6 is 0 Å². The van der Waals surface area contributed by atoms with Crippen molar-refractivity contribution in [3.8, 4) is 0 Å². The first-order valence-corrected chi connectivity index (χ1v) is 14.9. The molecule has 12 nitrogen and oxygen atoms in total. The number of nitrogens with one attached hydrogen (secondary N) is 1. The summed E-state index contributed by atoms with van der Waals surface area (Å²) in [5.74, 6) is -5.59. The number of carbonyl (C=O) groups is 3. The van der Waals surface area contributed by atoms with Crippen LogP contribution in [0, 0.1) is 41.4 Å². The van der Waals surface area contributed by atoms with Crippen molar-refractivity contribution in [3.63, 3.8) is 0 Å². The Kier molecular flexibility index (Phi) is 8.92. The molecule has 41 heavy (non-hydrogen) atoms. The summed E-state index contributed by atoms with van der Waals surface area (Å²) in [5.41, 5.74) is 2.23. The highest BCUT2D eigenvalue weighted by atomic mass is 16.6. The highest BCUT2D eigenvalue weighted by molar-refractivity contribution is 6.20. The van der Waals surface area contributed by atoms with Crippen LogP contribution in [0.4, 0.5) is 0 Å². The summed E-state index contributed by atoms with van der Waals surface area (Å²) in [7, 11) is 1.57. The van der Waals surface area contributed by atoms with Crippen LogP contribution in [0.2, 0.25) is 0 Å². The predicted octanol–water partition coefficient (Wildman–Crippen LogP) is -0.336. The van der Waals surface area contributed by atoms with E-state index in [9.17, 15) is 39.9 Å². The molecule has 5 rings (SSSR count). The van der Waals surface area contributed by atoms with Gasteiger partial charge in [0.1, 0.15) is 23.2 Å². The van der Waals surface area contributed by atoms with Gasteiger partial charge in [0, 0.05) is 31.4 Å². The number of hydrogen-bond donors (Lipinski definition) is 7. The van der Waals surface area contributed by atoms with Crippen molar-refractivity contribution in [3.05, 3.63) is 11.3 Å². The van der Waals surface area contributed by atoms with Crippen molar-refractivity contribution in [2.24, 2.45) is 47.2 Å². The number of Topliss-reactive ketones (excluding diaryl/α,β-unsaturated/α-hetero) is 2. The third-order valence-electron chi connectivity index (χ3n) is 10.9. The fraction of sp³-hybridized carbons (Fsp3) is 0.828. The summed E-state index contributed by atoms with van der Waals surface area (Å²) in [6, 6.07) is 0.104. The van der Waals surface area contributed by atoms with Gasteiger partial charge in [-0.2, -0.15) is 0 Å². The Morgan fingerprint density at radius 2 is 1.73 bits per heavy atom. The van der Waals surface area contributed by atoms with Gasteiger partial charge in [0.05, 0.1) is 25.2 Å². The Labute approximate surface area is 239 Å². The molecular weight excluding hydrogens is 536 g/mol. The second kappa shape index (κ2) is 12.0. The second-order valence-corrected chi connectivity index (χ2v) is 12.8. The first-order valence-electron chi connectivity index (χ1n) is 14.9. The van der Waals surface area contributed by atoms with Gasteiger partial charge in [0.2, 0.25) is 6.41 Å². The lowest BCUT2D eigenvalue weighted by Gasteiger charge is -2.57. The van der Waals surface area contributed by atoms with Gasteiger partial charge in [-0.15, -0.1) is 0 Å².